The lowest BCUT2D eigenvalue weighted by Gasteiger charge is -2.36. The number of aryl methyl sites for hydroxylation is 1. The van der Waals surface area contributed by atoms with Gasteiger partial charge in [0.1, 0.15) is 29.5 Å². The minimum Gasteiger partial charge on any atom is -0.493 e. The molecule has 0 saturated heterocycles. The molecule has 10 heteroatoms. The second-order valence-electron chi connectivity index (χ2n) is 9.86. The highest BCUT2D eigenvalue weighted by molar-refractivity contribution is 7.99. The summed E-state index contributed by atoms with van der Waals surface area (Å²) in [5.41, 5.74) is 1.97. The van der Waals surface area contributed by atoms with E-state index < -0.39 is 33.6 Å². The molecule has 0 fully saturated rings. The first-order chi connectivity index (χ1) is 19.3. The molecule has 0 saturated carbocycles. The van der Waals surface area contributed by atoms with Crippen molar-refractivity contribution in [3.05, 3.63) is 94.9 Å². The Hall–Kier alpha value is -4.05. The van der Waals surface area contributed by atoms with Gasteiger partial charge < -0.3 is 19.5 Å². The molecular weight excluding hydrogens is 542 g/mol. The van der Waals surface area contributed by atoms with Crippen LogP contribution in [0.2, 0.25) is 0 Å². The third kappa shape index (κ3) is 4.27. The van der Waals surface area contributed by atoms with Gasteiger partial charge in [-0.1, -0.05) is 30.0 Å². The van der Waals surface area contributed by atoms with Crippen molar-refractivity contribution in [2.24, 2.45) is 0 Å². The Morgan fingerprint density at radius 3 is 2.77 bits per heavy atom. The number of para-hydroxylation sites is 1. The van der Waals surface area contributed by atoms with Crippen LogP contribution >= 0.6 is 11.8 Å². The fourth-order valence-corrected chi connectivity index (χ4v) is 6.16. The van der Waals surface area contributed by atoms with E-state index in [1.54, 1.807) is 6.20 Å². The molecule has 3 aromatic carbocycles. The molecule has 1 unspecified atom stereocenters. The number of halogens is 4. The van der Waals surface area contributed by atoms with E-state index >= 15 is 8.78 Å². The molecule has 1 atom stereocenters. The summed E-state index contributed by atoms with van der Waals surface area (Å²) in [5, 5.41) is -0.0706. The van der Waals surface area contributed by atoms with Gasteiger partial charge in [0.15, 0.2) is 11.6 Å². The standard InChI is InChI=1S/C30H23F4N3O2S/c1-30(10-13-39-27-16(5-3-12-38)4-2-6-20(27)30)22-15-36-29(37-22)19-14-17(7-8-21(19)31)40-28-23(32)18-9-11-35-26(18)24(33)25(28)34/h2,4,6-9,11-12,14-15,35H,3,5,10,13H2,1H3,(H,36,37). The van der Waals surface area contributed by atoms with Crippen LogP contribution in [0.15, 0.2) is 64.6 Å². The van der Waals surface area contributed by atoms with Gasteiger partial charge in [-0.2, -0.15) is 0 Å². The lowest BCUT2D eigenvalue weighted by atomic mass is 9.74. The number of carbonyl (C=O) groups excluding carboxylic acids is 1. The van der Waals surface area contributed by atoms with Crippen molar-refractivity contribution in [1.29, 1.82) is 0 Å². The van der Waals surface area contributed by atoms with Crippen molar-refractivity contribution < 1.29 is 27.1 Å². The Balaban J connectivity index is 1.35. The zero-order valence-corrected chi connectivity index (χ0v) is 22.1. The van der Waals surface area contributed by atoms with Gasteiger partial charge in [0.25, 0.3) is 0 Å². The number of aldehydes is 1. The first kappa shape index (κ1) is 26.2. The summed E-state index contributed by atoms with van der Waals surface area (Å²) in [6, 6.07) is 11.2. The number of ether oxygens (including phenoxy) is 1. The molecule has 3 heterocycles. The summed E-state index contributed by atoms with van der Waals surface area (Å²) >= 11 is 0.670. The molecule has 2 N–H and O–H groups in total. The van der Waals surface area contributed by atoms with Gasteiger partial charge in [-0.05, 0) is 49.6 Å². The van der Waals surface area contributed by atoms with Gasteiger partial charge in [0.05, 0.1) is 22.6 Å². The minimum absolute atomic E-state index is 0.0706. The van der Waals surface area contributed by atoms with Crippen LogP contribution < -0.4 is 4.74 Å². The Bertz CT molecular complexity index is 1770. The van der Waals surface area contributed by atoms with Crippen LogP contribution in [0.3, 0.4) is 0 Å². The quantitative estimate of drug-likeness (QED) is 0.122. The molecule has 0 aliphatic carbocycles. The molecule has 2 aromatic heterocycles. The van der Waals surface area contributed by atoms with E-state index in [9.17, 15) is 13.6 Å². The summed E-state index contributed by atoms with van der Waals surface area (Å²) < 4.78 is 65.3. The Kier molecular flexibility index (Phi) is 6.66. The van der Waals surface area contributed by atoms with E-state index in [4.69, 9.17) is 4.74 Å². The van der Waals surface area contributed by atoms with Crippen molar-refractivity contribution in [1.82, 2.24) is 15.0 Å². The number of carbonyl (C=O) groups is 1. The van der Waals surface area contributed by atoms with Crippen molar-refractivity contribution in [3.63, 3.8) is 0 Å². The number of nitrogens with one attached hydrogen (secondary N) is 2. The predicted molar refractivity (Wildman–Crippen MR) is 144 cm³/mol. The van der Waals surface area contributed by atoms with E-state index in [2.05, 4.69) is 21.9 Å². The second kappa shape index (κ2) is 10.2. The first-order valence-electron chi connectivity index (χ1n) is 12.7. The number of aromatic nitrogens is 3. The SMILES string of the molecule is CC1(c2cnc(-c3cc(Sc4c(F)c(F)c5[nH]ccc5c4F)ccc3F)[nH]2)CCOc2c(CCC=O)cccc21. The van der Waals surface area contributed by atoms with E-state index in [0.717, 1.165) is 28.9 Å². The molecule has 204 valence electrons. The molecule has 1 aliphatic heterocycles. The number of aromatic amines is 2. The molecule has 0 spiro atoms. The Labute approximate surface area is 231 Å². The van der Waals surface area contributed by atoms with Gasteiger partial charge in [-0.15, -0.1) is 0 Å². The maximum atomic E-state index is 15.0. The maximum absolute atomic E-state index is 15.0. The largest absolute Gasteiger partial charge is 0.493 e. The van der Waals surface area contributed by atoms with E-state index in [1.807, 2.05) is 18.2 Å². The van der Waals surface area contributed by atoms with Crippen LogP contribution in [-0.4, -0.2) is 27.8 Å². The molecule has 0 radical (unpaired) electrons. The summed E-state index contributed by atoms with van der Waals surface area (Å²) in [4.78, 5) is 20.9. The van der Waals surface area contributed by atoms with E-state index in [0.29, 0.717) is 42.5 Å². The number of rotatable bonds is 7. The molecule has 40 heavy (non-hydrogen) atoms. The zero-order valence-electron chi connectivity index (χ0n) is 21.3. The van der Waals surface area contributed by atoms with Gasteiger partial charge in [0, 0.05) is 45.8 Å². The third-order valence-electron chi connectivity index (χ3n) is 7.45. The van der Waals surface area contributed by atoms with Gasteiger partial charge in [-0.3, -0.25) is 0 Å². The van der Waals surface area contributed by atoms with Crippen LogP contribution in [-0.2, 0) is 16.6 Å². The van der Waals surface area contributed by atoms with Crippen LogP contribution in [0, 0.1) is 23.3 Å². The summed E-state index contributed by atoms with van der Waals surface area (Å²) in [6.07, 6.45) is 5.45. The van der Waals surface area contributed by atoms with Crippen molar-refractivity contribution in [3.8, 4) is 17.1 Å². The highest BCUT2D eigenvalue weighted by Crippen LogP contribution is 2.45. The summed E-state index contributed by atoms with van der Waals surface area (Å²) in [6.45, 7) is 2.50. The predicted octanol–water partition coefficient (Wildman–Crippen LogP) is 7.49. The van der Waals surface area contributed by atoms with Crippen molar-refractivity contribution in [2.45, 2.75) is 41.4 Å². The highest BCUT2D eigenvalue weighted by atomic mass is 32.2. The molecule has 1 aliphatic rings. The number of hydrogen-bond donors (Lipinski definition) is 2. The van der Waals surface area contributed by atoms with E-state index in [-0.39, 0.29) is 22.3 Å². The fraction of sp³-hybridized carbons (Fsp3) is 0.200. The normalized spacial score (nSPS) is 16.6. The first-order valence-corrected chi connectivity index (χ1v) is 13.5. The number of benzene rings is 3. The summed E-state index contributed by atoms with van der Waals surface area (Å²) in [7, 11) is 0. The second-order valence-corrected chi connectivity index (χ2v) is 10.9. The Morgan fingerprint density at radius 2 is 1.95 bits per heavy atom. The average Bonchev–Trinajstić information content (AvgIpc) is 3.65. The monoisotopic (exact) mass is 565 g/mol. The minimum atomic E-state index is -1.32. The molecular formula is C30H23F4N3O2S. The maximum Gasteiger partial charge on any atom is 0.184 e. The molecule has 5 nitrogen and oxygen atoms in total. The molecule has 0 bridgehead atoms. The van der Waals surface area contributed by atoms with Gasteiger partial charge in [0.2, 0.25) is 0 Å². The zero-order chi connectivity index (χ0) is 28.0. The number of nitrogens with zero attached hydrogens (tertiary/aromatic N) is 1. The third-order valence-corrected chi connectivity index (χ3v) is 8.50. The van der Waals surface area contributed by atoms with E-state index in [1.165, 1.54) is 30.5 Å². The fourth-order valence-electron chi connectivity index (χ4n) is 5.23. The smallest absolute Gasteiger partial charge is 0.184 e. The lowest BCUT2D eigenvalue weighted by Crippen LogP contribution is -2.32. The van der Waals surface area contributed by atoms with Crippen LogP contribution in [0.5, 0.6) is 5.75 Å². The molecule has 6 rings (SSSR count). The van der Waals surface area contributed by atoms with Gasteiger partial charge in [-0.25, -0.2) is 22.5 Å². The van der Waals surface area contributed by atoms with Crippen molar-refractivity contribution >= 4 is 29.0 Å². The molecule has 0 amide bonds. The molecule has 5 aromatic rings. The number of imidazole rings is 1. The highest BCUT2D eigenvalue weighted by Gasteiger charge is 2.37. The van der Waals surface area contributed by atoms with Gasteiger partial charge >= 0.3 is 0 Å². The lowest BCUT2D eigenvalue weighted by molar-refractivity contribution is -0.107. The Morgan fingerprint density at radius 1 is 1.10 bits per heavy atom. The number of H-pyrrole nitrogens is 2. The van der Waals surface area contributed by atoms with Crippen LogP contribution in [0.1, 0.15) is 36.6 Å². The topological polar surface area (TPSA) is 70.8 Å². The average molecular weight is 566 g/mol. The number of fused-ring (bicyclic) bond motifs is 2. The van der Waals surface area contributed by atoms with Crippen LogP contribution in [0.25, 0.3) is 22.3 Å². The number of hydrogen-bond acceptors (Lipinski definition) is 4. The van der Waals surface area contributed by atoms with Crippen LogP contribution in [0.4, 0.5) is 17.6 Å². The van der Waals surface area contributed by atoms with Crippen molar-refractivity contribution in [2.75, 3.05) is 6.61 Å². The summed E-state index contributed by atoms with van der Waals surface area (Å²) in [5.74, 6) is -2.98.